The normalized spacial score (nSPS) is 27.5. The molecule has 0 aromatic rings. The lowest BCUT2D eigenvalue weighted by Gasteiger charge is -2.37. The average Bonchev–Trinajstić information content (AvgIpc) is 2.46. The number of nitrogens with zero attached hydrogens (tertiary/aromatic N) is 2. The van der Waals surface area contributed by atoms with E-state index in [4.69, 9.17) is 9.73 Å². The summed E-state index contributed by atoms with van der Waals surface area (Å²) < 4.78 is 5.35. The van der Waals surface area contributed by atoms with Crippen molar-refractivity contribution in [3.63, 3.8) is 0 Å². The second-order valence-electron chi connectivity index (χ2n) is 6.52. The Morgan fingerprint density at radius 3 is 2.76 bits per heavy atom. The lowest BCUT2D eigenvalue weighted by Crippen LogP contribution is -2.48. The summed E-state index contributed by atoms with van der Waals surface area (Å²) in [6, 6.07) is 0. The Bertz CT molecular complexity index is 368. The van der Waals surface area contributed by atoms with E-state index in [0.717, 1.165) is 70.0 Å². The van der Waals surface area contributed by atoms with Crippen LogP contribution in [0.25, 0.3) is 0 Å². The third-order valence-electron chi connectivity index (χ3n) is 4.26. The molecule has 2 unspecified atom stereocenters. The average molecular weight is 293 g/mol. The summed E-state index contributed by atoms with van der Waals surface area (Å²) in [4.78, 5) is 7.30. The van der Waals surface area contributed by atoms with Crippen LogP contribution < -0.4 is 5.32 Å². The number of hydrogen-bond acceptors (Lipinski definition) is 2. The van der Waals surface area contributed by atoms with Gasteiger partial charge in [0, 0.05) is 26.2 Å². The van der Waals surface area contributed by atoms with Crippen molar-refractivity contribution in [2.45, 2.75) is 40.0 Å². The van der Waals surface area contributed by atoms with Crippen LogP contribution >= 0.6 is 0 Å². The van der Waals surface area contributed by atoms with Crippen LogP contribution in [0.3, 0.4) is 0 Å². The van der Waals surface area contributed by atoms with Gasteiger partial charge in [-0.2, -0.15) is 0 Å². The van der Waals surface area contributed by atoms with Crippen LogP contribution in [0.1, 0.15) is 40.0 Å². The quantitative estimate of drug-likeness (QED) is 0.492. The van der Waals surface area contributed by atoms with E-state index in [2.05, 4.69) is 37.1 Å². The van der Waals surface area contributed by atoms with Crippen LogP contribution in [0.15, 0.2) is 16.6 Å². The summed E-state index contributed by atoms with van der Waals surface area (Å²) in [5.41, 5.74) is 1.50. The van der Waals surface area contributed by atoms with E-state index in [1.807, 2.05) is 0 Å². The van der Waals surface area contributed by atoms with Gasteiger partial charge in [-0.25, -0.2) is 0 Å². The summed E-state index contributed by atoms with van der Waals surface area (Å²) in [5, 5.41) is 3.46. The minimum Gasteiger partial charge on any atom is -0.377 e. The van der Waals surface area contributed by atoms with Crippen LogP contribution in [0.4, 0.5) is 0 Å². The van der Waals surface area contributed by atoms with Crippen molar-refractivity contribution in [2.75, 3.05) is 39.4 Å². The second-order valence-corrected chi connectivity index (χ2v) is 6.52. The Labute approximate surface area is 129 Å². The maximum Gasteiger partial charge on any atom is 0.193 e. The van der Waals surface area contributed by atoms with Gasteiger partial charge in [-0.1, -0.05) is 25.5 Å². The van der Waals surface area contributed by atoms with E-state index in [1.165, 1.54) is 12.0 Å². The SMILES string of the molecule is CCNC(=NCCC1=CCOCC1)N1CC(C)CC(C)C1. The number of rotatable bonds is 4. The molecule has 120 valence electrons. The molecule has 2 aliphatic heterocycles. The zero-order valence-corrected chi connectivity index (χ0v) is 13.9. The van der Waals surface area contributed by atoms with Crippen LogP contribution in [0.5, 0.6) is 0 Å². The van der Waals surface area contributed by atoms with Crippen LogP contribution in [0, 0.1) is 11.8 Å². The Hall–Kier alpha value is -1.03. The molecule has 2 heterocycles. The summed E-state index contributed by atoms with van der Waals surface area (Å²) in [7, 11) is 0. The largest absolute Gasteiger partial charge is 0.377 e. The molecule has 0 amide bonds. The highest BCUT2D eigenvalue weighted by molar-refractivity contribution is 5.80. The van der Waals surface area contributed by atoms with Crippen molar-refractivity contribution in [3.05, 3.63) is 11.6 Å². The van der Waals surface area contributed by atoms with Gasteiger partial charge in [0.2, 0.25) is 0 Å². The van der Waals surface area contributed by atoms with Crippen molar-refractivity contribution >= 4 is 5.96 Å². The molecule has 1 N–H and O–H groups in total. The molecule has 0 radical (unpaired) electrons. The maximum absolute atomic E-state index is 5.35. The Kier molecular flexibility index (Phi) is 6.55. The Balaban J connectivity index is 1.90. The molecule has 0 aromatic heterocycles. The fourth-order valence-electron chi connectivity index (χ4n) is 3.36. The van der Waals surface area contributed by atoms with E-state index in [-0.39, 0.29) is 0 Å². The number of hydrogen-bond donors (Lipinski definition) is 1. The molecule has 2 rings (SSSR count). The molecule has 4 heteroatoms. The van der Waals surface area contributed by atoms with Crippen molar-refractivity contribution in [1.29, 1.82) is 0 Å². The van der Waals surface area contributed by atoms with Gasteiger partial charge < -0.3 is 15.0 Å². The lowest BCUT2D eigenvalue weighted by molar-refractivity contribution is 0.153. The predicted molar refractivity (Wildman–Crippen MR) is 88.6 cm³/mol. The van der Waals surface area contributed by atoms with Gasteiger partial charge in [0.25, 0.3) is 0 Å². The molecule has 2 aliphatic rings. The first-order valence-corrected chi connectivity index (χ1v) is 8.48. The number of guanidine groups is 1. The zero-order valence-electron chi connectivity index (χ0n) is 13.9. The van der Waals surface area contributed by atoms with E-state index in [0.29, 0.717) is 0 Å². The Morgan fingerprint density at radius 2 is 2.14 bits per heavy atom. The van der Waals surface area contributed by atoms with Gasteiger partial charge in [-0.15, -0.1) is 0 Å². The predicted octanol–water partition coefficient (Wildman–Crippen LogP) is 2.67. The van der Waals surface area contributed by atoms with E-state index >= 15 is 0 Å². The number of aliphatic imine (C=N–C) groups is 1. The fourth-order valence-corrected chi connectivity index (χ4v) is 3.36. The maximum atomic E-state index is 5.35. The van der Waals surface area contributed by atoms with Crippen LogP contribution in [-0.4, -0.2) is 50.3 Å². The van der Waals surface area contributed by atoms with Gasteiger partial charge in [-0.3, -0.25) is 4.99 Å². The van der Waals surface area contributed by atoms with Crippen LogP contribution in [0.2, 0.25) is 0 Å². The molecule has 1 fully saturated rings. The number of ether oxygens (including phenoxy) is 1. The van der Waals surface area contributed by atoms with Crippen molar-refractivity contribution in [3.8, 4) is 0 Å². The minimum atomic E-state index is 0.760. The molecule has 0 aromatic carbocycles. The Morgan fingerprint density at radius 1 is 1.38 bits per heavy atom. The number of nitrogens with one attached hydrogen (secondary N) is 1. The van der Waals surface area contributed by atoms with E-state index < -0.39 is 0 Å². The summed E-state index contributed by atoms with van der Waals surface area (Å²) >= 11 is 0. The fraction of sp³-hybridized carbons (Fsp3) is 0.824. The van der Waals surface area contributed by atoms with Gasteiger partial charge in [0.1, 0.15) is 0 Å². The standard InChI is InChI=1S/C17H31N3O/c1-4-18-17(20-12-14(2)11-15(3)13-20)19-8-5-16-6-9-21-10-7-16/h6,14-15H,4-5,7-13H2,1-3H3,(H,18,19). The number of likely N-dealkylation sites (tertiary alicyclic amines) is 1. The molecule has 0 saturated carbocycles. The first-order chi connectivity index (χ1) is 10.2. The highest BCUT2D eigenvalue weighted by Gasteiger charge is 2.23. The van der Waals surface area contributed by atoms with Crippen molar-refractivity contribution in [1.82, 2.24) is 10.2 Å². The summed E-state index contributed by atoms with van der Waals surface area (Å²) in [5.74, 6) is 2.62. The zero-order chi connectivity index (χ0) is 15.1. The molecule has 0 spiro atoms. The topological polar surface area (TPSA) is 36.9 Å². The second kappa shape index (κ2) is 8.42. The highest BCUT2D eigenvalue weighted by Crippen LogP contribution is 2.21. The first-order valence-electron chi connectivity index (χ1n) is 8.48. The van der Waals surface area contributed by atoms with E-state index in [9.17, 15) is 0 Å². The number of piperidine rings is 1. The third-order valence-corrected chi connectivity index (χ3v) is 4.26. The monoisotopic (exact) mass is 293 g/mol. The molecule has 4 nitrogen and oxygen atoms in total. The van der Waals surface area contributed by atoms with Crippen molar-refractivity contribution in [2.24, 2.45) is 16.8 Å². The molecular formula is C17H31N3O. The van der Waals surface area contributed by atoms with Gasteiger partial charge >= 0.3 is 0 Å². The lowest BCUT2D eigenvalue weighted by atomic mass is 9.92. The first kappa shape index (κ1) is 16.3. The van der Waals surface area contributed by atoms with Crippen LogP contribution in [-0.2, 0) is 4.74 Å². The van der Waals surface area contributed by atoms with E-state index in [1.54, 1.807) is 0 Å². The van der Waals surface area contributed by atoms with Gasteiger partial charge in [0.15, 0.2) is 5.96 Å². The van der Waals surface area contributed by atoms with Crippen molar-refractivity contribution < 1.29 is 4.74 Å². The molecule has 0 aliphatic carbocycles. The molecule has 2 atom stereocenters. The highest BCUT2D eigenvalue weighted by atomic mass is 16.5. The minimum absolute atomic E-state index is 0.760. The molecule has 0 bridgehead atoms. The third kappa shape index (κ3) is 5.34. The summed E-state index contributed by atoms with van der Waals surface area (Å²) in [6.45, 7) is 12.6. The molecular weight excluding hydrogens is 262 g/mol. The molecule has 1 saturated heterocycles. The smallest absolute Gasteiger partial charge is 0.193 e. The van der Waals surface area contributed by atoms with Gasteiger partial charge in [-0.05, 0) is 38.0 Å². The molecule has 21 heavy (non-hydrogen) atoms. The summed E-state index contributed by atoms with van der Waals surface area (Å²) in [6.07, 6.45) is 5.70. The van der Waals surface area contributed by atoms with Gasteiger partial charge in [0.05, 0.1) is 13.2 Å².